The Bertz CT molecular complexity index is 812. The molecule has 0 unspecified atom stereocenters. The molecule has 0 spiro atoms. The van der Waals surface area contributed by atoms with Crippen LogP contribution in [0.1, 0.15) is 63.8 Å². The predicted octanol–water partition coefficient (Wildman–Crippen LogP) is 4.57. The lowest BCUT2D eigenvalue weighted by Gasteiger charge is -2.34. The zero-order valence-corrected chi connectivity index (χ0v) is 16.1. The molecule has 0 amide bonds. The molecule has 0 aromatic carbocycles. The van der Waals surface area contributed by atoms with E-state index in [4.69, 9.17) is 17.3 Å². The Kier molecular flexibility index (Phi) is 4.41. The molecule has 3 aliphatic carbocycles. The molecule has 3 saturated carbocycles. The highest BCUT2D eigenvalue weighted by atomic mass is 32.1. The molecule has 2 aromatic rings. The Hall–Kier alpha value is -1.53. The summed E-state index contributed by atoms with van der Waals surface area (Å²) in [6, 6.07) is 6.05. The first-order chi connectivity index (χ1) is 12.8. The standard InChI is InChI=1S/C20H27N5S/c26-20-24(14-23(17-8-9-17)16-6-2-1-3-7-16)22-19(25(20)18-10-11-18)15-5-4-12-21-13-15/h4-5,12-13,16-18H,1-3,6-11,14H2. The quantitative estimate of drug-likeness (QED) is 0.700. The fraction of sp³-hybridized carbons (Fsp3) is 0.650. The van der Waals surface area contributed by atoms with E-state index in [1.54, 1.807) is 0 Å². The highest BCUT2D eigenvalue weighted by Gasteiger charge is 2.36. The summed E-state index contributed by atoms with van der Waals surface area (Å²) in [6.07, 6.45) is 15.6. The Morgan fingerprint density at radius 3 is 2.46 bits per heavy atom. The minimum atomic E-state index is 0.524. The fourth-order valence-corrected chi connectivity index (χ4v) is 4.70. The van der Waals surface area contributed by atoms with Gasteiger partial charge in [0.15, 0.2) is 10.6 Å². The van der Waals surface area contributed by atoms with E-state index in [9.17, 15) is 0 Å². The molecule has 5 nitrogen and oxygen atoms in total. The van der Waals surface area contributed by atoms with E-state index in [1.165, 1.54) is 57.8 Å². The molecular weight excluding hydrogens is 342 g/mol. The van der Waals surface area contributed by atoms with Gasteiger partial charge < -0.3 is 0 Å². The van der Waals surface area contributed by atoms with E-state index < -0.39 is 0 Å². The zero-order valence-electron chi connectivity index (χ0n) is 15.3. The van der Waals surface area contributed by atoms with Crippen molar-refractivity contribution >= 4 is 12.2 Å². The van der Waals surface area contributed by atoms with Crippen LogP contribution in [-0.2, 0) is 6.67 Å². The van der Waals surface area contributed by atoms with Crippen LogP contribution in [0, 0.1) is 4.77 Å². The van der Waals surface area contributed by atoms with E-state index in [0.29, 0.717) is 12.1 Å². The number of nitrogens with zero attached hydrogens (tertiary/aromatic N) is 5. The number of pyridine rings is 1. The maximum Gasteiger partial charge on any atom is 0.199 e. The van der Waals surface area contributed by atoms with Gasteiger partial charge in [-0.2, -0.15) is 5.10 Å². The molecule has 0 aliphatic heterocycles. The largest absolute Gasteiger partial charge is 0.297 e. The second-order valence-corrected chi connectivity index (χ2v) is 8.49. The van der Waals surface area contributed by atoms with Crippen LogP contribution in [0.5, 0.6) is 0 Å². The van der Waals surface area contributed by atoms with E-state index in [1.807, 2.05) is 18.5 Å². The van der Waals surface area contributed by atoms with Crippen LogP contribution in [0.25, 0.3) is 11.4 Å². The van der Waals surface area contributed by atoms with Crippen LogP contribution in [-0.4, -0.2) is 36.3 Å². The average Bonchev–Trinajstić information content (AvgIpc) is 3.60. The van der Waals surface area contributed by atoms with Crippen molar-refractivity contribution in [2.24, 2.45) is 0 Å². The third-order valence-electron chi connectivity index (χ3n) is 6.06. The summed E-state index contributed by atoms with van der Waals surface area (Å²) in [5, 5.41) is 4.98. The second-order valence-electron chi connectivity index (χ2n) is 8.13. The first kappa shape index (κ1) is 16.6. The molecule has 0 saturated heterocycles. The Balaban J connectivity index is 1.47. The highest BCUT2D eigenvalue weighted by Crippen LogP contribution is 2.39. The highest BCUT2D eigenvalue weighted by molar-refractivity contribution is 7.71. The Morgan fingerprint density at radius 2 is 1.81 bits per heavy atom. The number of hydrogen-bond acceptors (Lipinski definition) is 4. The van der Waals surface area contributed by atoms with Gasteiger partial charge in [0.1, 0.15) is 0 Å². The van der Waals surface area contributed by atoms with Gasteiger partial charge in [0.2, 0.25) is 0 Å². The van der Waals surface area contributed by atoms with Crippen molar-refractivity contribution in [3.8, 4) is 11.4 Å². The first-order valence-corrected chi connectivity index (χ1v) is 10.6. The minimum Gasteiger partial charge on any atom is -0.297 e. The molecule has 26 heavy (non-hydrogen) atoms. The predicted molar refractivity (Wildman–Crippen MR) is 104 cm³/mol. The molecule has 0 radical (unpaired) electrons. The van der Waals surface area contributed by atoms with Crippen LogP contribution in [0.15, 0.2) is 24.5 Å². The summed E-state index contributed by atoms with van der Waals surface area (Å²) >= 11 is 5.87. The van der Waals surface area contributed by atoms with Crippen molar-refractivity contribution in [2.75, 3.05) is 0 Å². The van der Waals surface area contributed by atoms with Crippen LogP contribution in [0.3, 0.4) is 0 Å². The smallest absolute Gasteiger partial charge is 0.199 e. The number of aromatic nitrogens is 4. The van der Waals surface area contributed by atoms with Gasteiger partial charge in [0.05, 0.1) is 6.67 Å². The second kappa shape index (κ2) is 6.89. The van der Waals surface area contributed by atoms with E-state index in [2.05, 4.69) is 25.2 Å². The lowest BCUT2D eigenvalue weighted by molar-refractivity contribution is 0.103. The molecule has 6 heteroatoms. The Labute approximate surface area is 160 Å². The lowest BCUT2D eigenvalue weighted by atomic mass is 9.94. The van der Waals surface area contributed by atoms with Crippen molar-refractivity contribution in [1.82, 2.24) is 24.2 Å². The number of hydrogen-bond donors (Lipinski definition) is 0. The minimum absolute atomic E-state index is 0.524. The molecule has 3 aliphatic rings. The molecule has 0 N–H and O–H groups in total. The maximum atomic E-state index is 5.87. The first-order valence-electron chi connectivity index (χ1n) is 10.2. The van der Waals surface area contributed by atoms with Crippen molar-refractivity contribution in [2.45, 2.75) is 82.6 Å². The summed E-state index contributed by atoms with van der Waals surface area (Å²) in [7, 11) is 0. The van der Waals surface area contributed by atoms with Gasteiger partial charge >= 0.3 is 0 Å². The van der Waals surface area contributed by atoms with E-state index in [0.717, 1.165) is 28.9 Å². The molecule has 5 rings (SSSR count). The number of rotatable bonds is 6. The average molecular weight is 370 g/mol. The third kappa shape index (κ3) is 3.25. The maximum absolute atomic E-state index is 5.87. The Morgan fingerprint density at radius 1 is 1.04 bits per heavy atom. The molecule has 3 fully saturated rings. The van der Waals surface area contributed by atoms with Crippen molar-refractivity contribution in [1.29, 1.82) is 0 Å². The van der Waals surface area contributed by atoms with Crippen molar-refractivity contribution in [3.05, 3.63) is 29.3 Å². The molecule has 0 bridgehead atoms. The summed E-state index contributed by atoms with van der Waals surface area (Å²) in [6.45, 7) is 0.848. The van der Waals surface area contributed by atoms with Crippen molar-refractivity contribution < 1.29 is 0 Å². The van der Waals surface area contributed by atoms with Crippen LogP contribution in [0.2, 0.25) is 0 Å². The van der Waals surface area contributed by atoms with E-state index in [-0.39, 0.29) is 0 Å². The lowest BCUT2D eigenvalue weighted by Crippen LogP contribution is -2.40. The molecular formula is C20H27N5S. The molecule has 138 valence electrons. The zero-order chi connectivity index (χ0) is 17.5. The van der Waals surface area contributed by atoms with Crippen molar-refractivity contribution in [3.63, 3.8) is 0 Å². The van der Waals surface area contributed by atoms with Gasteiger partial charge in [-0.15, -0.1) is 0 Å². The molecule has 2 heterocycles. The summed E-state index contributed by atoms with van der Waals surface area (Å²) < 4.78 is 5.24. The van der Waals surface area contributed by atoms with Crippen LogP contribution < -0.4 is 0 Å². The van der Waals surface area contributed by atoms with Gasteiger partial charge in [-0.25, -0.2) is 4.68 Å². The van der Waals surface area contributed by atoms with Gasteiger partial charge in [-0.05, 0) is 62.9 Å². The van der Waals surface area contributed by atoms with E-state index >= 15 is 0 Å². The SMILES string of the molecule is S=c1n(CN(C2CCCCC2)C2CC2)nc(-c2cccnc2)n1C1CC1. The van der Waals surface area contributed by atoms with Gasteiger partial charge in [0.25, 0.3) is 0 Å². The van der Waals surface area contributed by atoms with Gasteiger partial charge in [0, 0.05) is 36.1 Å². The monoisotopic (exact) mass is 369 g/mol. The topological polar surface area (TPSA) is 38.9 Å². The molecule has 2 aromatic heterocycles. The van der Waals surface area contributed by atoms with Crippen LogP contribution >= 0.6 is 12.2 Å². The normalized spacial score (nSPS) is 21.4. The summed E-state index contributed by atoms with van der Waals surface area (Å²) in [5.41, 5.74) is 1.07. The molecule has 0 atom stereocenters. The van der Waals surface area contributed by atoms with Gasteiger partial charge in [-0.1, -0.05) is 19.3 Å². The summed E-state index contributed by atoms with van der Waals surface area (Å²) in [4.78, 5) is 6.99. The summed E-state index contributed by atoms with van der Waals surface area (Å²) in [5.74, 6) is 0.991. The fourth-order valence-electron chi connectivity index (χ4n) is 4.37. The van der Waals surface area contributed by atoms with Crippen LogP contribution in [0.4, 0.5) is 0 Å². The van der Waals surface area contributed by atoms with Gasteiger partial charge in [-0.3, -0.25) is 14.5 Å². The third-order valence-corrected chi connectivity index (χ3v) is 6.47.